The third kappa shape index (κ3) is 1.64. The molecule has 0 unspecified atom stereocenters. The van der Waals surface area contributed by atoms with Crippen molar-refractivity contribution in [2.45, 2.75) is 4.90 Å². The fourth-order valence-corrected chi connectivity index (χ4v) is 2.08. The second-order valence-corrected chi connectivity index (χ2v) is 3.96. The summed E-state index contributed by atoms with van der Waals surface area (Å²) in [5.41, 5.74) is 0.419. The summed E-state index contributed by atoms with van der Waals surface area (Å²) in [5.74, 6) is 0. The second kappa shape index (κ2) is 3.82. The Bertz CT molecular complexity index is 662. The zero-order valence-corrected chi connectivity index (χ0v) is 8.49. The zero-order valence-electron chi connectivity index (χ0n) is 8.67. The first-order chi connectivity index (χ1) is 7.54. The Morgan fingerprint density at radius 3 is 2.33 bits per heavy atom. The Labute approximate surface area is 89.4 Å². The fourth-order valence-electron chi connectivity index (χ4n) is 1.54. The summed E-state index contributed by atoms with van der Waals surface area (Å²) in [4.78, 5) is 10.7. The lowest BCUT2D eigenvalue weighted by molar-refractivity contribution is 0.112. The molecule has 0 aliphatic heterocycles. The maximum atomic E-state index is 11.2. The topological polar surface area (TPSA) is 51.2 Å². The van der Waals surface area contributed by atoms with E-state index in [1.807, 2.05) is 0 Å². The molecule has 0 heterocycles. The van der Waals surface area contributed by atoms with Crippen molar-refractivity contribution in [3.63, 3.8) is 0 Å². The van der Waals surface area contributed by atoms with Gasteiger partial charge >= 0.3 is 0 Å². The van der Waals surface area contributed by atoms with E-state index in [9.17, 15) is 13.2 Å². The first-order valence-corrected chi connectivity index (χ1v) is 5.37. The van der Waals surface area contributed by atoms with Gasteiger partial charge in [0.15, 0.2) is 18.0 Å². The van der Waals surface area contributed by atoms with Crippen LogP contribution in [0.1, 0.15) is 10.4 Å². The van der Waals surface area contributed by atoms with E-state index in [4.69, 9.17) is 1.12 Å². The molecule has 0 saturated carbocycles. The second-order valence-electron chi connectivity index (χ2n) is 3.05. The normalized spacial score (nSPS) is 12.4. The van der Waals surface area contributed by atoms with Crippen LogP contribution in [-0.4, -0.2) is 15.8 Å². The van der Waals surface area contributed by atoms with Crippen molar-refractivity contribution >= 4 is 27.7 Å². The molecular weight excluding hydrogens is 212 g/mol. The molecule has 15 heavy (non-hydrogen) atoms. The number of aldehydes is 1. The molecule has 0 fully saturated rings. The Balaban J connectivity index is 2.96. The molecule has 2 rings (SSSR count). The minimum Gasteiger partial charge on any atom is -0.298 e. The molecular formula is C11H8O3S. The van der Waals surface area contributed by atoms with E-state index in [1.165, 1.54) is 12.1 Å². The van der Waals surface area contributed by atoms with E-state index < -0.39 is 10.6 Å². The van der Waals surface area contributed by atoms with Crippen molar-refractivity contribution in [1.82, 2.24) is 0 Å². The number of carbonyl (C=O) groups is 1. The molecule has 0 aromatic heterocycles. The summed E-state index contributed by atoms with van der Waals surface area (Å²) in [6.45, 7) is 0. The number of rotatable bonds is 2. The Hall–Kier alpha value is -1.68. The van der Waals surface area contributed by atoms with Gasteiger partial charge in [-0.1, -0.05) is 24.3 Å². The smallest absolute Gasteiger partial charge is 0.179 e. The molecule has 0 N–H and O–H groups in total. The Kier molecular flexibility index (Phi) is 2.20. The number of fused-ring (bicyclic) bond motifs is 1. The molecule has 2 aromatic rings. The molecule has 2 aromatic carbocycles. The van der Waals surface area contributed by atoms with E-state index in [1.54, 1.807) is 24.3 Å². The number of hydrogen-bond donors (Lipinski definition) is 1. The lowest BCUT2D eigenvalue weighted by Gasteiger charge is -2.02. The van der Waals surface area contributed by atoms with Crippen LogP contribution in [0.15, 0.2) is 41.3 Å². The van der Waals surface area contributed by atoms with E-state index in [0.29, 0.717) is 22.6 Å². The van der Waals surface area contributed by atoms with Gasteiger partial charge in [0.2, 0.25) is 0 Å². The summed E-state index contributed by atoms with van der Waals surface area (Å²) in [7, 11) is -4.02. The Morgan fingerprint density at radius 1 is 1.07 bits per heavy atom. The van der Waals surface area contributed by atoms with Gasteiger partial charge in [0.25, 0.3) is 0 Å². The largest absolute Gasteiger partial charge is 0.298 e. The lowest BCUT2D eigenvalue weighted by Crippen LogP contribution is -1.88. The fraction of sp³-hybridized carbons (Fsp3) is 0. The van der Waals surface area contributed by atoms with Crippen LogP contribution in [0, 0.1) is 0 Å². The highest BCUT2D eigenvalue weighted by atomic mass is 32.2. The summed E-state index contributed by atoms with van der Waals surface area (Å²) < 4.78 is 29.5. The van der Waals surface area contributed by atoms with Crippen LogP contribution in [0.4, 0.5) is 0 Å². The minimum absolute atomic E-state index is 0.0753. The van der Waals surface area contributed by atoms with E-state index in [2.05, 4.69) is 0 Å². The van der Waals surface area contributed by atoms with Gasteiger partial charge < -0.3 is 0 Å². The highest BCUT2D eigenvalue weighted by molar-refractivity contribution is 7.72. The van der Waals surface area contributed by atoms with Gasteiger partial charge in [0.05, 0.1) is 4.90 Å². The third-order valence-corrected chi connectivity index (χ3v) is 2.94. The van der Waals surface area contributed by atoms with Crippen LogP contribution in [0.25, 0.3) is 10.8 Å². The highest BCUT2D eigenvalue weighted by Crippen LogP contribution is 2.22. The van der Waals surface area contributed by atoms with E-state index >= 15 is 0 Å². The molecule has 0 aliphatic rings. The number of thiol groups is 1. The van der Waals surface area contributed by atoms with Crippen molar-refractivity contribution in [3.05, 3.63) is 42.0 Å². The summed E-state index contributed by atoms with van der Waals surface area (Å²) in [6.07, 6.45) is 0.669. The molecule has 3 nitrogen and oxygen atoms in total. The zero-order chi connectivity index (χ0) is 11.8. The highest BCUT2D eigenvalue weighted by Gasteiger charge is 2.05. The quantitative estimate of drug-likeness (QED) is 0.619. The summed E-state index contributed by atoms with van der Waals surface area (Å²) in [6, 6.07) is 9.34. The van der Waals surface area contributed by atoms with Gasteiger partial charge in [0.1, 0.15) is 0 Å². The van der Waals surface area contributed by atoms with Gasteiger partial charge in [-0.15, -0.1) is 0 Å². The maximum Gasteiger partial charge on any atom is 0.179 e. The van der Waals surface area contributed by atoms with Gasteiger partial charge in [-0.2, -0.15) is 0 Å². The summed E-state index contributed by atoms with van der Waals surface area (Å²) in [5, 5.41) is 0.952. The number of carbonyl (C=O) groups excluding carboxylic acids is 1. The van der Waals surface area contributed by atoms with Crippen LogP contribution in [-0.2, 0) is 10.6 Å². The van der Waals surface area contributed by atoms with Crippen molar-refractivity contribution in [2.24, 2.45) is 0 Å². The van der Waals surface area contributed by atoms with Gasteiger partial charge in [-0.3, -0.25) is 4.79 Å². The molecule has 0 bridgehead atoms. The van der Waals surface area contributed by atoms with Crippen molar-refractivity contribution in [3.8, 4) is 0 Å². The average Bonchev–Trinajstić information content (AvgIpc) is 2.26. The standard InChI is InChI=1S/C11H8O3S/c12-7-8-5-6-11(15(13)14)10-4-2-1-3-9(8)10/h1-7,15H/i15D. The first kappa shape index (κ1) is 8.61. The summed E-state index contributed by atoms with van der Waals surface area (Å²) >= 11 is 0. The van der Waals surface area contributed by atoms with Gasteiger partial charge in [-0.25, -0.2) is 8.42 Å². The van der Waals surface area contributed by atoms with Gasteiger partial charge in [0, 0.05) is 10.9 Å². The van der Waals surface area contributed by atoms with Crippen LogP contribution in [0.3, 0.4) is 0 Å². The van der Waals surface area contributed by atoms with Crippen LogP contribution >= 0.6 is 0 Å². The maximum absolute atomic E-state index is 11.2. The van der Waals surface area contributed by atoms with Crippen molar-refractivity contribution < 1.29 is 13.2 Å². The van der Waals surface area contributed by atoms with E-state index in [-0.39, 0.29) is 4.90 Å². The van der Waals surface area contributed by atoms with Gasteiger partial charge in [-0.05, 0) is 17.5 Å². The van der Waals surface area contributed by atoms with Crippen LogP contribution in [0.5, 0.6) is 0 Å². The predicted octanol–water partition coefficient (Wildman–Crippen LogP) is 1.62. The third-order valence-electron chi connectivity index (χ3n) is 2.22. The lowest BCUT2D eigenvalue weighted by atomic mass is 10.1. The molecule has 0 spiro atoms. The SMILES string of the molecule is [2H]S(=O)(=O)c1ccc(C=O)c2ccccc12. The molecule has 4 heteroatoms. The first-order valence-electron chi connectivity index (χ1n) is 4.71. The molecule has 0 atom stereocenters. The number of hydrogen-bond acceptors (Lipinski definition) is 3. The van der Waals surface area contributed by atoms with E-state index in [0.717, 1.165) is 0 Å². The van der Waals surface area contributed by atoms with Crippen LogP contribution in [0.2, 0.25) is 0 Å². The Morgan fingerprint density at radius 2 is 1.73 bits per heavy atom. The monoisotopic (exact) mass is 221 g/mol. The predicted molar refractivity (Wildman–Crippen MR) is 57.9 cm³/mol. The minimum atomic E-state index is -4.02. The molecule has 76 valence electrons. The molecule has 0 radical (unpaired) electrons. The molecule has 0 saturated heterocycles. The van der Waals surface area contributed by atoms with Crippen molar-refractivity contribution in [2.75, 3.05) is 0 Å². The molecule has 0 amide bonds. The number of benzene rings is 2. The average molecular weight is 221 g/mol. The van der Waals surface area contributed by atoms with Crippen molar-refractivity contribution in [1.29, 1.82) is 1.12 Å². The molecule has 0 aliphatic carbocycles. The van der Waals surface area contributed by atoms with Crippen LogP contribution < -0.4 is 0 Å².